The Balaban J connectivity index is 2.40. The van der Waals surface area contributed by atoms with Gasteiger partial charge in [0.2, 0.25) is 0 Å². The summed E-state index contributed by atoms with van der Waals surface area (Å²) in [7, 11) is 0. The predicted octanol–water partition coefficient (Wildman–Crippen LogP) is 3.18. The average molecular weight is 212 g/mol. The first-order valence-corrected chi connectivity index (χ1v) is 5.59. The van der Waals surface area contributed by atoms with Crippen LogP contribution in [-0.4, -0.2) is 11.4 Å². The predicted molar refractivity (Wildman–Crippen MR) is 62.7 cm³/mol. The fourth-order valence-electron chi connectivity index (χ4n) is 1.48. The first-order valence-electron chi connectivity index (χ1n) is 5.15. The van der Waals surface area contributed by atoms with Gasteiger partial charge in [-0.3, -0.25) is 0 Å². The Morgan fingerprint density at radius 2 is 1.93 bits per heavy atom. The summed E-state index contributed by atoms with van der Waals surface area (Å²) in [5.74, 6) is 0. The van der Waals surface area contributed by atoms with E-state index in [0.717, 1.165) is 13.0 Å². The van der Waals surface area contributed by atoms with E-state index in [-0.39, 0.29) is 5.38 Å². The summed E-state index contributed by atoms with van der Waals surface area (Å²) in [6.45, 7) is 5.09. The molecular weight excluding hydrogens is 194 g/mol. The van der Waals surface area contributed by atoms with Crippen LogP contribution in [0.15, 0.2) is 30.3 Å². The van der Waals surface area contributed by atoms with Crippen LogP contribution in [0.25, 0.3) is 0 Å². The van der Waals surface area contributed by atoms with Gasteiger partial charge in [0, 0.05) is 18.0 Å². The molecular formula is C12H18ClN. The van der Waals surface area contributed by atoms with Gasteiger partial charge in [-0.05, 0) is 18.9 Å². The molecule has 0 saturated carbocycles. The molecule has 1 aromatic carbocycles. The summed E-state index contributed by atoms with van der Waals surface area (Å²) in [6.07, 6.45) is 1.07. The lowest BCUT2D eigenvalue weighted by Crippen LogP contribution is -2.34. The number of nitrogens with one attached hydrogen (secondary N) is 1. The SMILES string of the molecule is CCC(NCc1ccccc1)C(C)Cl. The molecule has 14 heavy (non-hydrogen) atoms. The summed E-state index contributed by atoms with van der Waals surface area (Å²) in [5.41, 5.74) is 1.31. The summed E-state index contributed by atoms with van der Waals surface area (Å²) >= 11 is 6.05. The van der Waals surface area contributed by atoms with E-state index in [0.29, 0.717) is 6.04 Å². The van der Waals surface area contributed by atoms with Crippen LogP contribution in [0.3, 0.4) is 0 Å². The van der Waals surface area contributed by atoms with E-state index >= 15 is 0 Å². The van der Waals surface area contributed by atoms with E-state index in [1.807, 2.05) is 13.0 Å². The van der Waals surface area contributed by atoms with E-state index in [4.69, 9.17) is 11.6 Å². The quantitative estimate of drug-likeness (QED) is 0.738. The summed E-state index contributed by atoms with van der Waals surface area (Å²) < 4.78 is 0. The molecule has 1 rings (SSSR count). The Bertz CT molecular complexity index is 246. The van der Waals surface area contributed by atoms with Crippen LogP contribution in [0.2, 0.25) is 0 Å². The molecule has 2 heteroatoms. The van der Waals surface area contributed by atoms with Crippen molar-refractivity contribution in [2.75, 3.05) is 0 Å². The van der Waals surface area contributed by atoms with Crippen molar-refractivity contribution >= 4 is 11.6 Å². The minimum atomic E-state index is 0.184. The topological polar surface area (TPSA) is 12.0 Å². The molecule has 0 spiro atoms. The first kappa shape index (κ1) is 11.5. The number of benzene rings is 1. The van der Waals surface area contributed by atoms with Crippen LogP contribution in [-0.2, 0) is 6.54 Å². The van der Waals surface area contributed by atoms with Gasteiger partial charge in [0.05, 0.1) is 0 Å². The zero-order chi connectivity index (χ0) is 10.4. The lowest BCUT2D eigenvalue weighted by molar-refractivity contribution is 0.489. The maximum absolute atomic E-state index is 6.05. The molecule has 0 amide bonds. The van der Waals surface area contributed by atoms with Crippen LogP contribution in [0.5, 0.6) is 0 Å². The Kier molecular flexibility index (Phi) is 4.99. The van der Waals surface area contributed by atoms with Crippen molar-refractivity contribution in [3.63, 3.8) is 0 Å². The summed E-state index contributed by atoms with van der Waals surface area (Å²) in [5, 5.41) is 3.64. The van der Waals surface area contributed by atoms with Crippen molar-refractivity contribution < 1.29 is 0 Å². The van der Waals surface area contributed by atoms with Gasteiger partial charge in [-0.25, -0.2) is 0 Å². The van der Waals surface area contributed by atoms with Gasteiger partial charge in [-0.1, -0.05) is 37.3 Å². The number of rotatable bonds is 5. The van der Waals surface area contributed by atoms with Crippen molar-refractivity contribution in [2.45, 2.75) is 38.2 Å². The Hall–Kier alpha value is -0.530. The molecule has 0 bridgehead atoms. The van der Waals surface area contributed by atoms with Gasteiger partial charge < -0.3 is 5.32 Å². The van der Waals surface area contributed by atoms with Crippen molar-refractivity contribution in [1.29, 1.82) is 0 Å². The highest BCUT2D eigenvalue weighted by molar-refractivity contribution is 6.20. The maximum atomic E-state index is 6.05. The molecule has 78 valence electrons. The fraction of sp³-hybridized carbons (Fsp3) is 0.500. The Morgan fingerprint density at radius 1 is 1.29 bits per heavy atom. The van der Waals surface area contributed by atoms with Crippen LogP contribution in [0.4, 0.5) is 0 Å². The molecule has 1 aromatic rings. The average Bonchev–Trinajstić information content (AvgIpc) is 2.20. The van der Waals surface area contributed by atoms with Crippen LogP contribution in [0, 0.1) is 0 Å². The van der Waals surface area contributed by atoms with Crippen molar-refractivity contribution in [3.8, 4) is 0 Å². The van der Waals surface area contributed by atoms with E-state index < -0.39 is 0 Å². The Morgan fingerprint density at radius 3 is 2.43 bits per heavy atom. The fourth-order valence-corrected chi connectivity index (χ4v) is 1.74. The Labute approximate surface area is 91.5 Å². The third kappa shape index (κ3) is 3.69. The minimum absolute atomic E-state index is 0.184. The molecule has 0 aliphatic rings. The standard InChI is InChI=1S/C12H18ClN/c1-3-12(10(2)13)14-9-11-7-5-4-6-8-11/h4-8,10,12,14H,3,9H2,1-2H3. The third-order valence-corrected chi connectivity index (χ3v) is 2.71. The zero-order valence-corrected chi connectivity index (χ0v) is 9.59. The molecule has 0 heterocycles. The van der Waals surface area contributed by atoms with Crippen LogP contribution < -0.4 is 5.32 Å². The highest BCUT2D eigenvalue weighted by atomic mass is 35.5. The van der Waals surface area contributed by atoms with Gasteiger partial charge in [-0.2, -0.15) is 0 Å². The van der Waals surface area contributed by atoms with Gasteiger partial charge in [0.1, 0.15) is 0 Å². The van der Waals surface area contributed by atoms with E-state index in [9.17, 15) is 0 Å². The maximum Gasteiger partial charge on any atom is 0.0461 e. The molecule has 0 aliphatic heterocycles. The molecule has 2 unspecified atom stereocenters. The molecule has 1 nitrogen and oxygen atoms in total. The summed E-state index contributed by atoms with van der Waals surface area (Å²) in [4.78, 5) is 0. The second-order valence-electron chi connectivity index (χ2n) is 3.56. The molecule has 0 radical (unpaired) electrons. The molecule has 1 N–H and O–H groups in total. The number of hydrogen-bond acceptors (Lipinski definition) is 1. The van der Waals surface area contributed by atoms with Gasteiger partial charge in [0.15, 0.2) is 0 Å². The normalized spacial score (nSPS) is 15.1. The number of halogens is 1. The van der Waals surface area contributed by atoms with Gasteiger partial charge >= 0.3 is 0 Å². The second-order valence-corrected chi connectivity index (χ2v) is 4.25. The van der Waals surface area contributed by atoms with Crippen molar-refractivity contribution in [1.82, 2.24) is 5.32 Å². The van der Waals surface area contributed by atoms with Crippen LogP contribution in [0.1, 0.15) is 25.8 Å². The lowest BCUT2D eigenvalue weighted by Gasteiger charge is -2.19. The number of alkyl halides is 1. The lowest BCUT2D eigenvalue weighted by atomic mass is 10.1. The van der Waals surface area contributed by atoms with Gasteiger partial charge in [-0.15, -0.1) is 11.6 Å². The highest BCUT2D eigenvalue weighted by Crippen LogP contribution is 2.07. The molecule has 0 fully saturated rings. The first-order chi connectivity index (χ1) is 6.74. The number of hydrogen-bond donors (Lipinski definition) is 1. The molecule has 0 aromatic heterocycles. The highest BCUT2D eigenvalue weighted by Gasteiger charge is 2.11. The molecule has 0 saturated heterocycles. The third-order valence-electron chi connectivity index (χ3n) is 2.41. The smallest absolute Gasteiger partial charge is 0.0461 e. The van der Waals surface area contributed by atoms with E-state index in [1.54, 1.807) is 0 Å². The van der Waals surface area contributed by atoms with E-state index in [1.165, 1.54) is 5.56 Å². The largest absolute Gasteiger partial charge is 0.308 e. The van der Waals surface area contributed by atoms with Crippen LogP contribution >= 0.6 is 11.6 Å². The van der Waals surface area contributed by atoms with E-state index in [2.05, 4.69) is 36.5 Å². The zero-order valence-electron chi connectivity index (χ0n) is 8.83. The van der Waals surface area contributed by atoms with Crippen molar-refractivity contribution in [2.24, 2.45) is 0 Å². The molecule has 2 atom stereocenters. The minimum Gasteiger partial charge on any atom is -0.308 e. The second kappa shape index (κ2) is 6.05. The van der Waals surface area contributed by atoms with Gasteiger partial charge in [0.25, 0.3) is 0 Å². The molecule has 0 aliphatic carbocycles. The monoisotopic (exact) mass is 211 g/mol. The van der Waals surface area contributed by atoms with Crippen molar-refractivity contribution in [3.05, 3.63) is 35.9 Å². The summed E-state index contributed by atoms with van der Waals surface area (Å²) in [6, 6.07) is 10.8.